The van der Waals surface area contributed by atoms with Gasteiger partial charge in [0.05, 0.1) is 24.6 Å². The number of aliphatic imine (C=N–C) groups is 1. The Hall–Kier alpha value is -2.64. The van der Waals surface area contributed by atoms with Crippen molar-refractivity contribution in [2.75, 3.05) is 20.1 Å². The summed E-state index contributed by atoms with van der Waals surface area (Å²) in [6, 6.07) is 0. The first-order valence-electron chi connectivity index (χ1n) is 10.2. The van der Waals surface area contributed by atoms with Gasteiger partial charge >= 0.3 is 0 Å². The van der Waals surface area contributed by atoms with Gasteiger partial charge in [0.15, 0.2) is 5.96 Å². The molecule has 1 saturated carbocycles. The van der Waals surface area contributed by atoms with Crippen molar-refractivity contribution in [3.8, 4) is 0 Å². The first kappa shape index (κ1) is 19.7. The maximum Gasteiger partial charge on any atom is 0.233 e. The Bertz CT molecular complexity index is 836. The fourth-order valence-electron chi connectivity index (χ4n) is 4.59. The Balaban J connectivity index is 1.26. The molecule has 0 spiro atoms. The van der Waals surface area contributed by atoms with Gasteiger partial charge in [-0.3, -0.25) is 19.5 Å². The van der Waals surface area contributed by atoms with Crippen LogP contribution in [-0.4, -0.2) is 47.8 Å². The lowest BCUT2D eigenvalue weighted by atomic mass is 9.85. The Morgan fingerprint density at radius 1 is 1.21 bits per heavy atom. The molecule has 0 radical (unpaired) electrons. The van der Waals surface area contributed by atoms with Crippen molar-refractivity contribution in [2.45, 2.75) is 39.2 Å². The third kappa shape index (κ3) is 3.56. The number of likely N-dealkylation sites (tertiary alicyclic amines) is 1. The molecule has 1 aromatic rings. The summed E-state index contributed by atoms with van der Waals surface area (Å²) >= 11 is 0. The summed E-state index contributed by atoms with van der Waals surface area (Å²) < 4.78 is 5.77. The van der Waals surface area contributed by atoms with Crippen LogP contribution in [0, 0.1) is 23.7 Å². The van der Waals surface area contributed by atoms with Crippen LogP contribution in [0.2, 0.25) is 0 Å². The molecule has 1 aromatic heterocycles. The molecule has 4 rings (SSSR count). The molecule has 2 fully saturated rings. The number of fused-ring (bicyclic) bond motifs is 5. The number of amides is 2. The van der Waals surface area contributed by atoms with Crippen LogP contribution in [0.5, 0.6) is 0 Å². The molecule has 8 nitrogen and oxygen atoms in total. The highest BCUT2D eigenvalue weighted by Gasteiger charge is 2.58. The van der Waals surface area contributed by atoms with Crippen LogP contribution in [0.1, 0.15) is 38.8 Å². The van der Waals surface area contributed by atoms with E-state index in [1.165, 1.54) is 4.90 Å². The molecular weight excluding hydrogens is 370 g/mol. The Kier molecular flexibility index (Phi) is 4.96. The summed E-state index contributed by atoms with van der Waals surface area (Å²) in [5.41, 5.74) is -0.0900. The van der Waals surface area contributed by atoms with Gasteiger partial charge in [-0.05, 0) is 18.3 Å². The molecule has 156 valence electrons. The number of aromatic nitrogens is 1. The lowest BCUT2D eigenvalue weighted by molar-refractivity contribution is -0.140. The molecule has 8 heteroatoms. The number of nitrogens with one attached hydrogen (secondary N) is 2. The number of imide groups is 1. The van der Waals surface area contributed by atoms with Crippen molar-refractivity contribution < 1.29 is 14.0 Å². The predicted octanol–water partition coefficient (Wildman–Crippen LogP) is 1.44. The average molecular weight is 399 g/mol. The fourth-order valence-corrected chi connectivity index (χ4v) is 4.59. The van der Waals surface area contributed by atoms with Crippen molar-refractivity contribution in [2.24, 2.45) is 28.7 Å². The first-order valence-corrected chi connectivity index (χ1v) is 10.2. The van der Waals surface area contributed by atoms with Crippen LogP contribution in [0.4, 0.5) is 0 Å². The van der Waals surface area contributed by atoms with E-state index in [1.54, 1.807) is 13.2 Å². The Morgan fingerprint density at radius 3 is 2.41 bits per heavy atom. The van der Waals surface area contributed by atoms with E-state index in [9.17, 15) is 9.59 Å². The predicted molar refractivity (Wildman–Crippen MR) is 108 cm³/mol. The number of allylic oxidation sites excluding steroid dienone is 2. The molecule has 1 aliphatic heterocycles. The Morgan fingerprint density at radius 2 is 1.86 bits per heavy atom. The van der Waals surface area contributed by atoms with E-state index in [2.05, 4.69) is 53.5 Å². The largest absolute Gasteiger partial charge is 0.443 e. The van der Waals surface area contributed by atoms with Crippen molar-refractivity contribution in [3.05, 3.63) is 30.0 Å². The summed E-state index contributed by atoms with van der Waals surface area (Å²) in [6.07, 6.45) is 6.92. The van der Waals surface area contributed by atoms with E-state index in [-0.39, 0.29) is 40.9 Å². The third-order valence-electron chi connectivity index (χ3n) is 6.11. The summed E-state index contributed by atoms with van der Waals surface area (Å²) in [5.74, 6) is 2.15. The molecule has 2 aliphatic carbocycles. The average Bonchev–Trinajstić information content (AvgIpc) is 3.43. The highest BCUT2D eigenvalue weighted by atomic mass is 16.4. The molecule has 2 N–H and O–H groups in total. The third-order valence-corrected chi connectivity index (χ3v) is 6.11. The highest BCUT2D eigenvalue weighted by molar-refractivity contribution is 6.06. The molecular formula is C21H29N5O3. The zero-order valence-corrected chi connectivity index (χ0v) is 17.4. The second-order valence-electron chi connectivity index (χ2n) is 9.05. The molecule has 4 atom stereocenters. The van der Waals surface area contributed by atoms with E-state index < -0.39 is 0 Å². The van der Waals surface area contributed by atoms with Crippen LogP contribution in [0.3, 0.4) is 0 Å². The van der Waals surface area contributed by atoms with Crippen LogP contribution < -0.4 is 10.6 Å². The van der Waals surface area contributed by atoms with E-state index in [0.29, 0.717) is 31.5 Å². The standard InChI is InChI=1S/C21H29N5O3/c1-21(2,3)14-10-24-15(29-14)11-25-20(22-4)23-7-8-26-18(27)16-12-5-6-13(9-12)17(16)19(26)28/h5-6,10,12-13,16-17H,7-9,11H2,1-4H3,(H2,22,23,25). The first-order chi connectivity index (χ1) is 13.8. The highest BCUT2D eigenvalue weighted by Crippen LogP contribution is 2.52. The minimum Gasteiger partial charge on any atom is -0.443 e. The second kappa shape index (κ2) is 7.31. The van der Waals surface area contributed by atoms with Crippen molar-refractivity contribution in [1.82, 2.24) is 20.5 Å². The molecule has 1 saturated heterocycles. The van der Waals surface area contributed by atoms with E-state index in [0.717, 1.165) is 12.2 Å². The number of hydrogen-bond donors (Lipinski definition) is 2. The number of carbonyl (C=O) groups excluding carboxylic acids is 2. The van der Waals surface area contributed by atoms with Gasteiger partial charge in [0.2, 0.25) is 17.7 Å². The molecule has 2 amide bonds. The quantitative estimate of drug-likeness (QED) is 0.336. The van der Waals surface area contributed by atoms with Gasteiger partial charge in [-0.15, -0.1) is 0 Å². The second-order valence-corrected chi connectivity index (χ2v) is 9.05. The minimum atomic E-state index is -0.142. The van der Waals surface area contributed by atoms with Crippen LogP contribution >= 0.6 is 0 Å². The van der Waals surface area contributed by atoms with Crippen molar-refractivity contribution in [3.63, 3.8) is 0 Å². The molecule has 2 heterocycles. The van der Waals surface area contributed by atoms with Gasteiger partial charge in [-0.25, -0.2) is 4.98 Å². The maximum atomic E-state index is 12.7. The normalized spacial score (nSPS) is 28.4. The number of nitrogens with zero attached hydrogens (tertiary/aromatic N) is 3. The van der Waals surface area contributed by atoms with E-state index in [1.807, 2.05) is 0 Å². The van der Waals surface area contributed by atoms with Crippen molar-refractivity contribution in [1.29, 1.82) is 0 Å². The zero-order valence-electron chi connectivity index (χ0n) is 17.4. The number of hydrogen-bond acceptors (Lipinski definition) is 5. The van der Waals surface area contributed by atoms with Crippen LogP contribution in [0.25, 0.3) is 0 Å². The summed E-state index contributed by atoms with van der Waals surface area (Å²) in [4.78, 5) is 35.3. The zero-order chi connectivity index (χ0) is 20.8. The summed E-state index contributed by atoms with van der Waals surface area (Å²) in [5, 5.41) is 6.30. The van der Waals surface area contributed by atoms with Crippen LogP contribution in [-0.2, 0) is 21.5 Å². The SMILES string of the molecule is CN=C(NCCN1C(=O)C2C3C=CC(C3)C2C1=O)NCc1ncc(C(C)(C)C)o1. The number of oxazole rings is 1. The fraction of sp³-hybridized carbons (Fsp3) is 0.619. The van der Waals surface area contributed by atoms with Gasteiger partial charge < -0.3 is 15.1 Å². The lowest BCUT2D eigenvalue weighted by Crippen LogP contribution is -2.43. The number of rotatable bonds is 5. The Labute approximate surface area is 170 Å². The summed E-state index contributed by atoms with van der Waals surface area (Å²) in [7, 11) is 1.67. The number of carbonyl (C=O) groups is 2. The number of guanidine groups is 1. The van der Waals surface area contributed by atoms with Gasteiger partial charge in [-0.2, -0.15) is 0 Å². The molecule has 2 bridgehead atoms. The topological polar surface area (TPSA) is 99.8 Å². The molecule has 29 heavy (non-hydrogen) atoms. The lowest BCUT2D eigenvalue weighted by Gasteiger charge is -2.18. The smallest absolute Gasteiger partial charge is 0.233 e. The van der Waals surface area contributed by atoms with Crippen molar-refractivity contribution >= 4 is 17.8 Å². The minimum absolute atomic E-state index is 0.0175. The van der Waals surface area contributed by atoms with E-state index >= 15 is 0 Å². The van der Waals surface area contributed by atoms with Gasteiger partial charge in [-0.1, -0.05) is 32.9 Å². The maximum absolute atomic E-state index is 12.7. The van der Waals surface area contributed by atoms with Gasteiger partial charge in [0.25, 0.3) is 0 Å². The molecule has 4 unspecified atom stereocenters. The van der Waals surface area contributed by atoms with E-state index in [4.69, 9.17) is 4.42 Å². The molecule has 3 aliphatic rings. The summed E-state index contributed by atoms with van der Waals surface area (Å²) in [6.45, 7) is 7.40. The van der Waals surface area contributed by atoms with Gasteiger partial charge in [0.1, 0.15) is 5.76 Å². The van der Waals surface area contributed by atoms with Crippen LogP contribution in [0.15, 0.2) is 27.8 Å². The monoisotopic (exact) mass is 399 g/mol. The molecule has 0 aromatic carbocycles. The van der Waals surface area contributed by atoms with Gasteiger partial charge in [0, 0.05) is 25.6 Å².